The van der Waals surface area contributed by atoms with Crippen molar-refractivity contribution < 1.29 is 10.2 Å². The molecule has 0 bridgehead atoms. The van der Waals surface area contributed by atoms with E-state index in [1.807, 2.05) is 18.2 Å². The second-order valence-electron chi connectivity index (χ2n) is 5.26. The highest BCUT2D eigenvalue weighted by atomic mass is 32.2. The highest BCUT2D eigenvalue weighted by Gasteiger charge is 2.25. The first-order chi connectivity index (χ1) is 11.2. The number of aromatic amines is 1. The van der Waals surface area contributed by atoms with Crippen molar-refractivity contribution in [3.8, 4) is 0 Å². The number of aliphatic hydroxyl groups is 2. The van der Waals surface area contributed by atoms with Crippen LogP contribution in [0, 0.1) is 0 Å². The Morgan fingerprint density at radius 1 is 1.35 bits per heavy atom. The molecule has 5 N–H and O–H groups in total. The van der Waals surface area contributed by atoms with Gasteiger partial charge in [0.05, 0.1) is 12.7 Å². The van der Waals surface area contributed by atoms with E-state index in [1.165, 1.54) is 5.56 Å². The van der Waals surface area contributed by atoms with E-state index in [2.05, 4.69) is 27.1 Å². The number of β-amino-alcohol motifs (C(OH)–C–C–N with tert-alkyl or cyclic N) is 1. The fourth-order valence-electron chi connectivity index (χ4n) is 2.31. The molecule has 0 fully saturated rings. The van der Waals surface area contributed by atoms with Crippen LogP contribution < -0.4 is 10.6 Å². The van der Waals surface area contributed by atoms with Gasteiger partial charge in [-0.25, -0.2) is 9.98 Å². The lowest BCUT2D eigenvalue weighted by molar-refractivity contribution is 0.0998. The Morgan fingerprint density at radius 2 is 2.13 bits per heavy atom. The van der Waals surface area contributed by atoms with Gasteiger partial charge in [0.2, 0.25) is 0 Å². The summed E-state index contributed by atoms with van der Waals surface area (Å²) in [5, 5.41) is 19.4. The third-order valence-corrected chi connectivity index (χ3v) is 4.44. The standard InChI is InChI=1S/C15H19N5O2S/c16-13-12-14(20(9-17-13)6-11(22)7-21)19-15(18-12)23-8-10-4-2-1-3-5-10/h1-5,11,21-22H,6-9H2,(H2,16,17)(H,18,19). The molecule has 7 nitrogen and oxygen atoms in total. The summed E-state index contributed by atoms with van der Waals surface area (Å²) in [6.45, 7) is 0.280. The molecule has 0 saturated heterocycles. The summed E-state index contributed by atoms with van der Waals surface area (Å²) >= 11 is 1.58. The Balaban J connectivity index is 1.75. The number of benzene rings is 1. The van der Waals surface area contributed by atoms with Gasteiger partial charge in [-0.1, -0.05) is 42.1 Å². The number of imidazole rings is 1. The molecule has 1 aliphatic heterocycles. The van der Waals surface area contributed by atoms with Crippen molar-refractivity contribution in [2.45, 2.75) is 17.0 Å². The summed E-state index contributed by atoms with van der Waals surface area (Å²) in [4.78, 5) is 13.8. The van der Waals surface area contributed by atoms with Crippen molar-refractivity contribution in [2.75, 3.05) is 24.7 Å². The molecule has 1 aromatic heterocycles. The normalized spacial score (nSPS) is 15.2. The van der Waals surface area contributed by atoms with E-state index in [4.69, 9.17) is 10.8 Å². The highest BCUT2D eigenvalue weighted by molar-refractivity contribution is 7.98. The van der Waals surface area contributed by atoms with Gasteiger partial charge in [0.15, 0.2) is 11.0 Å². The summed E-state index contributed by atoms with van der Waals surface area (Å²) in [6.07, 6.45) is -0.838. The van der Waals surface area contributed by atoms with Crippen LogP contribution in [-0.4, -0.2) is 51.9 Å². The van der Waals surface area contributed by atoms with Gasteiger partial charge < -0.3 is 25.8 Å². The number of rotatable bonds is 6. The molecule has 1 aromatic carbocycles. The smallest absolute Gasteiger partial charge is 0.168 e. The van der Waals surface area contributed by atoms with Crippen LogP contribution >= 0.6 is 11.8 Å². The average molecular weight is 333 g/mol. The van der Waals surface area contributed by atoms with Crippen LogP contribution in [0.1, 0.15) is 11.3 Å². The monoisotopic (exact) mass is 333 g/mol. The number of aliphatic imine (C=N–C) groups is 1. The zero-order chi connectivity index (χ0) is 16.2. The van der Waals surface area contributed by atoms with Crippen molar-refractivity contribution in [1.82, 2.24) is 9.97 Å². The number of aliphatic hydroxyl groups excluding tert-OH is 2. The van der Waals surface area contributed by atoms with Gasteiger partial charge in [-0.05, 0) is 5.56 Å². The molecule has 1 unspecified atom stereocenters. The number of thioether (sulfide) groups is 1. The van der Waals surface area contributed by atoms with Gasteiger partial charge in [0, 0.05) is 12.3 Å². The molecular weight excluding hydrogens is 314 g/mol. The van der Waals surface area contributed by atoms with Crippen LogP contribution in [0.5, 0.6) is 0 Å². The third-order valence-electron chi connectivity index (χ3n) is 3.49. The second-order valence-corrected chi connectivity index (χ2v) is 6.22. The van der Waals surface area contributed by atoms with Gasteiger partial charge in [-0.15, -0.1) is 0 Å². The Kier molecular flexibility index (Phi) is 4.85. The topological polar surface area (TPSA) is 111 Å². The molecular formula is C15H19N5O2S. The first kappa shape index (κ1) is 15.9. The molecule has 0 saturated carbocycles. The van der Waals surface area contributed by atoms with Crippen molar-refractivity contribution in [3.63, 3.8) is 0 Å². The molecule has 2 aromatic rings. The van der Waals surface area contributed by atoms with Gasteiger partial charge in [-0.3, -0.25) is 0 Å². The van der Waals surface area contributed by atoms with E-state index in [0.29, 0.717) is 24.0 Å². The van der Waals surface area contributed by atoms with Crippen molar-refractivity contribution >= 4 is 23.4 Å². The number of nitrogens with zero attached hydrogens (tertiary/aromatic N) is 3. The number of H-pyrrole nitrogens is 1. The lowest BCUT2D eigenvalue weighted by atomic mass is 10.2. The Morgan fingerprint density at radius 3 is 2.87 bits per heavy atom. The number of hydrogen-bond acceptors (Lipinski definition) is 7. The van der Waals surface area contributed by atoms with Crippen LogP contribution in [0.2, 0.25) is 0 Å². The number of fused-ring (bicyclic) bond motifs is 1. The van der Waals surface area contributed by atoms with E-state index >= 15 is 0 Å². The fraction of sp³-hybridized carbons (Fsp3) is 0.333. The molecule has 122 valence electrons. The van der Waals surface area contributed by atoms with Gasteiger partial charge in [0.1, 0.15) is 18.2 Å². The van der Waals surface area contributed by atoms with Crippen molar-refractivity contribution in [3.05, 3.63) is 41.6 Å². The van der Waals surface area contributed by atoms with Crippen molar-refractivity contribution in [1.29, 1.82) is 0 Å². The van der Waals surface area contributed by atoms with Crippen LogP contribution in [0.25, 0.3) is 0 Å². The maximum atomic E-state index is 9.65. The predicted molar refractivity (Wildman–Crippen MR) is 90.6 cm³/mol. The summed E-state index contributed by atoms with van der Waals surface area (Å²) in [5.74, 6) is 1.87. The van der Waals surface area contributed by atoms with E-state index in [-0.39, 0.29) is 13.2 Å². The van der Waals surface area contributed by atoms with E-state index in [0.717, 1.165) is 10.9 Å². The summed E-state index contributed by atoms with van der Waals surface area (Å²) in [7, 11) is 0. The zero-order valence-electron chi connectivity index (χ0n) is 12.5. The van der Waals surface area contributed by atoms with Gasteiger partial charge in [-0.2, -0.15) is 0 Å². The second kappa shape index (κ2) is 7.03. The molecule has 0 aliphatic carbocycles. The molecule has 1 atom stereocenters. The summed E-state index contributed by atoms with van der Waals surface area (Å²) in [5.41, 5.74) is 7.80. The Hall–Kier alpha value is -2.03. The zero-order valence-corrected chi connectivity index (χ0v) is 13.3. The van der Waals surface area contributed by atoms with Crippen LogP contribution in [0.4, 0.5) is 5.82 Å². The maximum absolute atomic E-state index is 9.65. The lowest BCUT2D eigenvalue weighted by Crippen LogP contribution is -2.39. The van der Waals surface area contributed by atoms with Crippen LogP contribution in [0.15, 0.2) is 40.5 Å². The number of hydrogen-bond donors (Lipinski definition) is 4. The van der Waals surface area contributed by atoms with Gasteiger partial charge in [0.25, 0.3) is 0 Å². The molecule has 1 aliphatic rings. The third kappa shape index (κ3) is 3.66. The Bertz CT molecular complexity index is 688. The molecule has 0 amide bonds. The minimum absolute atomic E-state index is 0.258. The molecule has 0 spiro atoms. The average Bonchev–Trinajstić information content (AvgIpc) is 3.02. The fourth-order valence-corrected chi connectivity index (χ4v) is 3.13. The van der Waals surface area contributed by atoms with Crippen LogP contribution in [0.3, 0.4) is 0 Å². The molecule has 8 heteroatoms. The summed E-state index contributed by atoms with van der Waals surface area (Å²) < 4.78 is 0. The Labute approximate surface area is 138 Å². The number of nitrogens with one attached hydrogen (secondary N) is 1. The number of aromatic nitrogens is 2. The molecule has 23 heavy (non-hydrogen) atoms. The number of amidine groups is 1. The highest BCUT2D eigenvalue weighted by Crippen LogP contribution is 2.28. The first-order valence-corrected chi connectivity index (χ1v) is 8.27. The summed E-state index contributed by atoms with van der Waals surface area (Å²) in [6, 6.07) is 10.1. The van der Waals surface area contributed by atoms with Crippen LogP contribution in [-0.2, 0) is 5.75 Å². The van der Waals surface area contributed by atoms with Crippen molar-refractivity contribution in [2.24, 2.45) is 10.7 Å². The minimum Gasteiger partial charge on any atom is -0.394 e. The largest absolute Gasteiger partial charge is 0.394 e. The first-order valence-electron chi connectivity index (χ1n) is 7.28. The molecule has 3 rings (SSSR count). The van der Waals surface area contributed by atoms with Gasteiger partial charge >= 0.3 is 0 Å². The minimum atomic E-state index is -0.838. The van der Waals surface area contributed by atoms with E-state index < -0.39 is 6.10 Å². The molecule has 0 radical (unpaired) electrons. The quantitative estimate of drug-likeness (QED) is 0.574. The predicted octanol–water partition coefficient (Wildman–Crippen LogP) is 0.538. The number of anilines is 1. The SMILES string of the molecule is NC1=NCN(CC(O)CO)c2nc(SCc3ccccc3)[nH]c21. The van der Waals surface area contributed by atoms with E-state index in [9.17, 15) is 5.11 Å². The van der Waals surface area contributed by atoms with E-state index in [1.54, 1.807) is 16.7 Å². The molecule has 2 heterocycles. The maximum Gasteiger partial charge on any atom is 0.168 e. The lowest BCUT2D eigenvalue weighted by Gasteiger charge is -2.26. The number of nitrogens with two attached hydrogens (primary N) is 1.